The van der Waals surface area contributed by atoms with Crippen LogP contribution in [0.1, 0.15) is 50.4 Å². The van der Waals surface area contributed by atoms with E-state index in [1.165, 1.54) is 37.1 Å². The van der Waals surface area contributed by atoms with Crippen LogP contribution in [-0.4, -0.2) is 96.3 Å². The van der Waals surface area contributed by atoms with Crippen LogP contribution in [0.4, 0.5) is 10.6 Å². The van der Waals surface area contributed by atoms with Crippen LogP contribution in [0.3, 0.4) is 0 Å². The molecule has 2 aromatic rings. The Bertz CT molecular complexity index is 1040. The number of aromatic nitrogens is 2. The highest BCUT2D eigenvalue weighted by Gasteiger charge is 2.30. The first-order valence-electron chi connectivity index (χ1n) is 13.8. The number of piperazine rings is 1. The number of amides is 1. The molecule has 1 aromatic carbocycles. The maximum absolute atomic E-state index is 12.4. The number of anilines is 1. The molecule has 9 heteroatoms. The van der Waals surface area contributed by atoms with Gasteiger partial charge in [-0.25, -0.2) is 4.79 Å². The summed E-state index contributed by atoms with van der Waals surface area (Å²) in [6, 6.07) is 10.9. The highest BCUT2D eigenvalue weighted by molar-refractivity contribution is 5.68. The number of likely N-dealkylation sites (tertiary alicyclic amines) is 1. The first-order chi connectivity index (χ1) is 18.2. The normalized spacial score (nSPS) is 18.4. The number of hydrogen-bond acceptors (Lipinski definition) is 8. The molecule has 208 valence electrons. The molecule has 2 saturated heterocycles. The molecule has 9 nitrogen and oxygen atoms in total. The number of ether oxygens (including phenoxy) is 2. The van der Waals surface area contributed by atoms with Crippen LogP contribution in [0.15, 0.2) is 30.3 Å². The molecule has 0 radical (unpaired) electrons. The van der Waals surface area contributed by atoms with Gasteiger partial charge in [0.2, 0.25) is 0 Å². The van der Waals surface area contributed by atoms with Gasteiger partial charge in [-0.2, -0.15) is 9.97 Å². The second-order valence-corrected chi connectivity index (χ2v) is 11.4. The SMILES string of the molecule is CN1CCCC1.COc1nc2c(c(N3CCN(C(=O)OC(C)(C)C)CC3)n1)CCN(Cc1ccccc1)C2. The molecule has 5 rings (SSSR count). The molecule has 38 heavy (non-hydrogen) atoms. The van der Waals surface area contributed by atoms with Crippen LogP contribution < -0.4 is 9.64 Å². The molecule has 4 heterocycles. The Kier molecular flexibility index (Phi) is 9.44. The fourth-order valence-electron chi connectivity index (χ4n) is 5.07. The minimum atomic E-state index is -0.487. The molecule has 0 N–H and O–H groups in total. The zero-order valence-electron chi connectivity index (χ0n) is 23.8. The molecule has 3 aliphatic heterocycles. The fourth-order valence-corrected chi connectivity index (χ4v) is 5.07. The van der Waals surface area contributed by atoms with Crippen LogP contribution in [0.25, 0.3) is 0 Å². The molecule has 0 saturated carbocycles. The first-order valence-corrected chi connectivity index (χ1v) is 13.8. The standard InChI is InChI=1S/C24H33N5O3.C5H11N/c1-24(2,3)32-23(30)29-14-12-28(13-15-29)21-19-10-11-27(16-18-8-6-5-7-9-18)17-20(19)25-22(26-21)31-4;1-6-4-2-3-5-6/h5-9H,10-17H2,1-4H3;2-5H2,1H3. The summed E-state index contributed by atoms with van der Waals surface area (Å²) in [5.74, 6) is 0.940. The van der Waals surface area contributed by atoms with E-state index in [2.05, 4.69) is 51.0 Å². The van der Waals surface area contributed by atoms with E-state index in [1.54, 1.807) is 12.0 Å². The topological polar surface area (TPSA) is 74.3 Å². The molecule has 3 aliphatic rings. The molecule has 0 spiro atoms. The van der Waals surface area contributed by atoms with E-state index < -0.39 is 5.60 Å². The second kappa shape index (κ2) is 12.8. The van der Waals surface area contributed by atoms with Crippen LogP contribution in [0, 0.1) is 0 Å². The molecule has 0 atom stereocenters. The number of carbonyl (C=O) groups excluding carboxylic acids is 1. The van der Waals surface area contributed by atoms with Gasteiger partial charge in [-0.05, 0) is 65.7 Å². The first kappa shape index (κ1) is 28.1. The Hall–Kier alpha value is -2.91. The molecule has 0 aliphatic carbocycles. The van der Waals surface area contributed by atoms with Gasteiger partial charge in [0, 0.05) is 51.4 Å². The Labute approximate surface area is 227 Å². The van der Waals surface area contributed by atoms with Gasteiger partial charge in [0.25, 0.3) is 0 Å². The van der Waals surface area contributed by atoms with Crippen molar-refractivity contribution >= 4 is 11.9 Å². The minimum Gasteiger partial charge on any atom is -0.467 e. The fraction of sp³-hybridized carbons (Fsp3) is 0.621. The van der Waals surface area contributed by atoms with E-state index in [4.69, 9.17) is 14.5 Å². The van der Waals surface area contributed by atoms with Gasteiger partial charge in [0.05, 0.1) is 12.8 Å². The predicted molar refractivity (Wildman–Crippen MR) is 150 cm³/mol. The van der Waals surface area contributed by atoms with E-state index in [0.717, 1.165) is 37.6 Å². The summed E-state index contributed by atoms with van der Waals surface area (Å²) in [5.41, 5.74) is 3.04. The summed E-state index contributed by atoms with van der Waals surface area (Å²) in [5, 5.41) is 0. The Morgan fingerprint density at radius 3 is 2.21 bits per heavy atom. The van der Waals surface area contributed by atoms with Crippen molar-refractivity contribution in [3.63, 3.8) is 0 Å². The van der Waals surface area contributed by atoms with Gasteiger partial charge in [-0.15, -0.1) is 0 Å². The number of rotatable bonds is 4. The number of methoxy groups -OCH3 is 1. The average molecular weight is 525 g/mol. The molecule has 2 fully saturated rings. The highest BCUT2D eigenvalue weighted by atomic mass is 16.6. The Morgan fingerprint density at radius 2 is 1.63 bits per heavy atom. The zero-order valence-corrected chi connectivity index (χ0v) is 23.8. The lowest BCUT2D eigenvalue weighted by Crippen LogP contribution is -2.50. The number of hydrogen-bond donors (Lipinski definition) is 0. The van der Waals surface area contributed by atoms with Gasteiger partial charge < -0.3 is 24.2 Å². The molecule has 1 aromatic heterocycles. The summed E-state index contributed by atoms with van der Waals surface area (Å²) in [6.45, 7) is 13.6. The lowest BCUT2D eigenvalue weighted by atomic mass is 10.0. The van der Waals surface area contributed by atoms with E-state index in [0.29, 0.717) is 32.2 Å². The largest absolute Gasteiger partial charge is 0.467 e. The number of carbonyl (C=O) groups is 1. The quantitative estimate of drug-likeness (QED) is 0.598. The van der Waals surface area contributed by atoms with Crippen molar-refractivity contribution in [3.05, 3.63) is 47.2 Å². The van der Waals surface area contributed by atoms with Crippen molar-refractivity contribution in [3.8, 4) is 6.01 Å². The third-order valence-corrected chi connectivity index (χ3v) is 7.09. The monoisotopic (exact) mass is 524 g/mol. The number of fused-ring (bicyclic) bond motifs is 1. The average Bonchev–Trinajstić information content (AvgIpc) is 3.39. The van der Waals surface area contributed by atoms with E-state index in [1.807, 2.05) is 26.8 Å². The summed E-state index contributed by atoms with van der Waals surface area (Å²) < 4.78 is 11.0. The molecular weight excluding hydrogens is 480 g/mol. The Morgan fingerprint density at radius 1 is 0.947 bits per heavy atom. The van der Waals surface area contributed by atoms with Crippen LogP contribution in [-0.2, 0) is 24.2 Å². The molecule has 0 unspecified atom stereocenters. The van der Waals surface area contributed by atoms with E-state index in [-0.39, 0.29) is 6.09 Å². The van der Waals surface area contributed by atoms with Crippen molar-refractivity contribution in [2.45, 2.75) is 58.7 Å². The number of nitrogens with zero attached hydrogens (tertiary/aromatic N) is 6. The summed E-state index contributed by atoms with van der Waals surface area (Å²) >= 11 is 0. The summed E-state index contributed by atoms with van der Waals surface area (Å²) in [7, 11) is 3.78. The van der Waals surface area contributed by atoms with Crippen LogP contribution in [0.2, 0.25) is 0 Å². The number of benzene rings is 1. The van der Waals surface area contributed by atoms with Crippen molar-refractivity contribution < 1.29 is 14.3 Å². The third kappa shape index (κ3) is 7.80. The smallest absolute Gasteiger partial charge is 0.410 e. The van der Waals surface area contributed by atoms with Crippen LogP contribution >= 0.6 is 0 Å². The molecule has 0 bridgehead atoms. The lowest BCUT2D eigenvalue weighted by molar-refractivity contribution is 0.0240. The Balaban J connectivity index is 0.000000494. The van der Waals surface area contributed by atoms with Crippen molar-refractivity contribution in [1.82, 2.24) is 24.7 Å². The zero-order chi connectivity index (χ0) is 27.1. The van der Waals surface area contributed by atoms with Crippen molar-refractivity contribution in [2.24, 2.45) is 0 Å². The predicted octanol–water partition coefficient (Wildman–Crippen LogP) is 3.81. The van der Waals surface area contributed by atoms with E-state index >= 15 is 0 Å². The minimum absolute atomic E-state index is 0.254. The van der Waals surface area contributed by atoms with Crippen molar-refractivity contribution in [2.75, 3.05) is 64.9 Å². The molecule has 1 amide bonds. The maximum atomic E-state index is 12.4. The lowest BCUT2D eigenvalue weighted by Gasteiger charge is -2.38. The van der Waals surface area contributed by atoms with Gasteiger partial charge in [0.15, 0.2) is 0 Å². The summed E-state index contributed by atoms with van der Waals surface area (Å²) in [4.78, 5) is 30.6. The van der Waals surface area contributed by atoms with Crippen LogP contribution in [0.5, 0.6) is 6.01 Å². The maximum Gasteiger partial charge on any atom is 0.410 e. The highest BCUT2D eigenvalue weighted by Crippen LogP contribution is 2.30. The van der Waals surface area contributed by atoms with Crippen molar-refractivity contribution in [1.29, 1.82) is 0 Å². The van der Waals surface area contributed by atoms with Gasteiger partial charge in [0.1, 0.15) is 11.4 Å². The second-order valence-electron chi connectivity index (χ2n) is 11.4. The third-order valence-electron chi connectivity index (χ3n) is 7.09. The summed E-state index contributed by atoms with van der Waals surface area (Å²) in [6.07, 6.45) is 3.47. The van der Waals surface area contributed by atoms with Gasteiger partial charge in [-0.1, -0.05) is 30.3 Å². The van der Waals surface area contributed by atoms with Gasteiger partial charge >= 0.3 is 12.1 Å². The molecular formula is C29H44N6O3. The van der Waals surface area contributed by atoms with Gasteiger partial charge in [-0.3, -0.25) is 4.90 Å². The van der Waals surface area contributed by atoms with E-state index in [9.17, 15) is 4.79 Å².